The molecule has 0 aliphatic carbocycles. The first kappa shape index (κ1) is 25.8. The molecule has 34 heavy (non-hydrogen) atoms. The number of anilines is 1. The van der Waals surface area contributed by atoms with E-state index in [1.165, 1.54) is 12.1 Å². The minimum Gasteiger partial charge on any atom is -0.494 e. The number of amides is 1. The molecule has 10 heteroatoms. The minimum absolute atomic E-state index is 0.110. The molecule has 0 atom stereocenters. The summed E-state index contributed by atoms with van der Waals surface area (Å²) in [7, 11) is -3.77. The average Bonchev–Trinajstić information content (AvgIpc) is 2.83. The summed E-state index contributed by atoms with van der Waals surface area (Å²) in [6.45, 7) is 8.91. The van der Waals surface area contributed by atoms with Gasteiger partial charge in [-0.25, -0.2) is 8.42 Å². The van der Waals surface area contributed by atoms with Crippen LogP contribution in [0.1, 0.15) is 18.9 Å². The molecule has 0 aromatic heterocycles. The number of hydrogen-bond acceptors (Lipinski definition) is 7. The summed E-state index contributed by atoms with van der Waals surface area (Å²) in [4.78, 5) is 14.5. The molecule has 0 saturated carbocycles. The maximum absolute atomic E-state index is 12.7. The highest BCUT2D eigenvalue weighted by Gasteiger charge is 2.16. The van der Waals surface area contributed by atoms with Gasteiger partial charge < -0.3 is 19.5 Å². The van der Waals surface area contributed by atoms with Gasteiger partial charge in [0.05, 0.1) is 24.7 Å². The van der Waals surface area contributed by atoms with Gasteiger partial charge in [-0.1, -0.05) is 0 Å². The quantitative estimate of drug-likeness (QED) is 0.439. The van der Waals surface area contributed by atoms with Crippen molar-refractivity contribution >= 4 is 21.6 Å². The van der Waals surface area contributed by atoms with E-state index in [1.807, 2.05) is 6.92 Å². The predicted molar refractivity (Wildman–Crippen MR) is 130 cm³/mol. The Morgan fingerprint density at radius 1 is 1.09 bits per heavy atom. The molecule has 3 rings (SSSR count). The van der Waals surface area contributed by atoms with Crippen molar-refractivity contribution in [2.75, 3.05) is 57.3 Å². The van der Waals surface area contributed by atoms with Crippen LogP contribution >= 0.6 is 0 Å². The summed E-state index contributed by atoms with van der Waals surface area (Å²) in [5, 5.41) is 2.85. The zero-order valence-electron chi connectivity index (χ0n) is 19.7. The monoisotopic (exact) mass is 491 g/mol. The summed E-state index contributed by atoms with van der Waals surface area (Å²) in [6.07, 6.45) is 0.860. The number of carbonyl (C=O) groups excluding carboxylic acids is 1. The largest absolute Gasteiger partial charge is 0.494 e. The van der Waals surface area contributed by atoms with Crippen LogP contribution in [0.3, 0.4) is 0 Å². The van der Waals surface area contributed by atoms with E-state index in [9.17, 15) is 13.2 Å². The second kappa shape index (κ2) is 12.6. The fourth-order valence-corrected chi connectivity index (χ4v) is 4.64. The predicted octanol–water partition coefficient (Wildman–Crippen LogP) is 2.41. The topological polar surface area (TPSA) is 106 Å². The van der Waals surface area contributed by atoms with Gasteiger partial charge >= 0.3 is 0 Å². The summed E-state index contributed by atoms with van der Waals surface area (Å²) < 4.78 is 44.3. The molecule has 0 spiro atoms. The van der Waals surface area contributed by atoms with E-state index in [4.69, 9.17) is 14.2 Å². The Hall–Kier alpha value is -2.82. The van der Waals surface area contributed by atoms with E-state index in [1.54, 1.807) is 37.3 Å². The molecular formula is C24H33N3O6S. The number of benzene rings is 2. The Bertz CT molecular complexity index is 1040. The molecule has 1 fully saturated rings. The lowest BCUT2D eigenvalue weighted by molar-refractivity contribution is -0.123. The molecule has 1 saturated heterocycles. The molecule has 1 aliphatic rings. The van der Waals surface area contributed by atoms with Gasteiger partial charge in [0, 0.05) is 25.3 Å². The Morgan fingerprint density at radius 2 is 1.82 bits per heavy atom. The summed E-state index contributed by atoms with van der Waals surface area (Å²) in [5.74, 6) is 0.919. The number of nitrogens with one attached hydrogen (secondary N) is 2. The standard InChI is InChI=1S/C24H33N3O6S/c1-3-32-21-7-5-20(6-8-21)26-34(29,30)22-9-10-23(19(2)17-22)33-18-24(28)25-11-4-12-27-13-15-31-16-14-27/h5-10,17,26H,3-4,11-16,18H2,1-2H3,(H,25,28). The fourth-order valence-electron chi connectivity index (χ4n) is 3.50. The van der Waals surface area contributed by atoms with Crippen molar-refractivity contribution in [1.29, 1.82) is 0 Å². The van der Waals surface area contributed by atoms with Gasteiger partial charge in [0.25, 0.3) is 15.9 Å². The number of morpholine rings is 1. The summed E-state index contributed by atoms with van der Waals surface area (Å²) in [5.41, 5.74) is 1.06. The van der Waals surface area contributed by atoms with Crippen LogP contribution < -0.4 is 19.5 Å². The van der Waals surface area contributed by atoms with Gasteiger partial charge in [0.1, 0.15) is 11.5 Å². The van der Waals surface area contributed by atoms with Crippen LogP contribution in [0.15, 0.2) is 47.4 Å². The number of nitrogens with zero attached hydrogens (tertiary/aromatic N) is 1. The number of ether oxygens (including phenoxy) is 3. The Kier molecular flexibility index (Phi) is 9.55. The number of sulfonamides is 1. The molecule has 2 N–H and O–H groups in total. The number of rotatable bonds is 12. The van der Waals surface area contributed by atoms with E-state index in [0.717, 1.165) is 39.3 Å². The van der Waals surface area contributed by atoms with E-state index in [-0.39, 0.29) is 17.4 Å². The molecule has 1 amide bonds. The van der Waals surface area contributed by atoms with E-state index in [0.29, 0.717) is 35.9 Å². The van der Waals surface area contributed by atoms with Gasteiger partial charge in [-0.05, 0) is 74.8 Å². The van der Waals surface area contributed by atoms with Crippen LogP contribution in [0.4, 0.5) is 5.69 Å². The normalized spacial score (nSPS) is 14.4. The zero-order valence-corrected chi connectivity index (χ0v) is 20.5. The Labute approximate surface area is 201 Å². The van der Waals surface area contributed by atoms with E-state index < -0.39 is 10.0 Å². The lowest BCUT2D eigenvalue weighted by Crippen LogP contribution is -2.38. The first-order chi connectivity index (χ1) is 16.4. The van der Waals surface area contributed by atoms with Crippen molar-refractivity contribution in [3.8, 4) is 11.5 Å². The summed E-state index contributed by atoms with van der Waals surface area (Å²) >= 11 is 0. The van der Waals surface area contributed by atoms with Crippen LogP contribution in [-0.2, 0) is 19.6 Å². The van der Waals surface area contributed by atoms with Crippen LogP contribution in [0.2, 0.25) is 0 Å². The van der Waals surface area contributed by atoms with Gasteiger partial charge in [-0.2, -0.15) is 0 Å². The smallest absolute Gasteiger partial charge is 0.261 e. The van der Waals surface area contributed by atoms with Crippen LogP contribution in [0.5, 0.6) is 11.5 Å². The van der Waals surface area contributed by atoms with Gasteiger partial charge in [0.2, 0.25) is 0 Å². The maximum Gasteiger partial charge on any atom is 0.261 e. The first-order valence-electron chi connectivity index (χ1n) is 11.4. The van der Waals surface area contributed by atoms with Crippen molar-refractivity contribution in [2.24, 2.45) is 0 Å². The molecule has 1 aliphatic heterocycles. The number of aryl methyl sites for hydroxylation is 1. The molecule has 0 radical (unpaired) electrons. The van der Waals surface area contributed by atoms with Crippen molar-refractivity contribution < 1.29 is 27.4 Å². The van der Waals surface area contributed by atoms with Crippen molar-refractivity contribution in [3.63, 3.8) is 0 Å². The molecule has 186 valence electrons. The van der Waals surface area contributed by atoms with Crippen LogP contribution in [0.25, 0.3) is 0 Å². The SMILES string of the molecule is CCOc1ccc(NS(=O)(=O)c2ccc(OCC(=O)NCCCN3CCOCC3)c(C)c2)cc1. The Morgan fingerprint density at radius 3 is 2.50 bits per heavy atom. The second-order valence-electron chi connectivity index (χ2n) is 7.94. The third-order valence-electron chi connectivity index (χ3n) is 5.31. The molecule has 9 nitrogen and oxygen atoms in total. The highest BCUT2D eigenvalue weighted by atomic mass is 32.2. The second-order valence-corrected chi connectivity index (χ2v) is 9.62. The summed E-state index contributed by atoms with van der Waals surface area (Å²) in [6, 6.07) is 11.2. The van der Waals surface area contributed by atoms with Crippen LogP contribution in [-0.4, -0.2) is 71.8 Å². The lowest BCUT2D eigenvalue weighted by Gasteiger charge is -2.26. The average molecular weight is 492 g/mol. The van der Waals surface area contributed by atoms with E-state index >= 15 is 0 Å². The molecule has 2 aromatic rings. The third-order valence-corrected chi connectivity index (χ3v) is 6.69. The molecule has 0 bridgehead atoms. The molecular weight excluding hydrogens is 458 g/mol. The molecule has 2 aromatic carbocycles. The van der Waals surface area contributed by atoms with Crippen molar-refractivity contribution in [1.82, 2.24) is 10.2 Å². The first-order valence-corrected chi connectivity index (χ1v) is 12.9. The van der Waals surface area contributed by atoms with Gasteiger partial charge in [-0.15, -0.1) is 0 Å². The van der Waals surface area contributed by atoms with Gasteiger partial charge in [-0.3, -0.25) is 14.4 Å². The highest BCUT2D eigenvalue weighted by molar-refractivity contribution is 7.92. The van der Waals surface area contributed by atoms with Gasteiger partial charge in [0.15, 0.2) is 6.61 Å². The third kappa shape index (κ3) is 7.89. The Balaban J connectivity index is 1.46. The minimum atomic E-state index is -3.77. The van der Waals surface area contributed by atoms with Crippen LogP contribution in [0, 0.1) is 6.92 Å². The number of hydrogen-bond donors (Lipinski definition) is 2. The molecule has 1 heterocycles. The maximum atomic E-state index is 12.7. The highest BCUT2D eigenvalue weighted by Crippen LogP contribution is 2.24. The molecule has 0 unspecified atom stereocenters. The van der Waals surface area contributed by atoms with Crippen molar-refractivity contribution in [3.05, 3.63) is 48.0 Å². The zero-order chi connectivity index (χ0) is 24.4. The fraction of sp³-hybridized carbons (Fsp3) is 0.458. The number of carbonyl (C=O) groups is 1. The van der Waals surface area contributed by atoms with Crippen molar-refractivity contribution in [2.45, 2.75) is 25.2 Å². The van der Waals surface area contributed by atoms with E-state index in [2.05, 4.69) is 14.9 Å². The lowest BCUT2D eigenvalue weighted by atomic mass is 10.2.